The van der Waals surface area contributed by atoms with Gasteiger partial charge in [0.05, 0.1) is 13.7 Å². The van der Waals surface area contributed by atoms with Gasteiger partial charge in [-0.15, -0.1) is 0 Å². The fraction of sp³-hybridized carbons (Fsp3) is 0.375. The van der Waals surface area contributed by atoms with Gasteiger partial charge in [-0.05, 0) is 69.5 Å². The number of nitrogens with zero attached hydrogens (tertiary/aromatic N) is 1. The highest BCUT2D eigenvalue weighted by Crippen LogP contribution is 2.20. The van der Waals surface area contributed by atoms with Crippen LogP contribution < -0.4 is 14.8 Å². The van der Waals surface area contributed by atoms with Crippen molar-refractivity contribution in [1.82, 2.24) is 10.2 Å². The van der Waals surface area contributed by atoms with E-state index in [4.69, 9.17) is 9.47 Å². The maximum Gasteiger partial charge on any atom is 0.243 e. The van der Waals surface area contributed by atoms with E-state index in [0.29, 0.717) is 26.0 Å². The van der Waals surface area contributed by atoms with Gasteiger partial charge in [0.15, 0.2) is 0 Å². The molecule has 0 heterocycles. The molecular weight excluding hydrogens is 476 g/mol. The third kappa shape index (κ3) is 9.25. The summed E-state index contributed by atoms with van der Waals surface area (Å²) in [4.78, 5) is 29.0. The highest BCUT2D eigenvalue weighted by molar-refractivity contribution is 5.88. The standard InChI is InChI=1S/C32H40N2O4/c1-24-11-9-14-26(21-24)23-34(30(35)15-10-20-38-28-18-16-27(37-5)17-19-28)29(31(36)33-32(2,3)4)22-25-12-7-6-8-13-25/h6-9,11-14,16-19,21,29H,10,15,20,22-23H2,1-5H3,(H,33,36)/t29-/m0/s1. The van der Waals surface area contributed by atoms with Crippen molar-refractivity contribution >= 4 is 11.8 Å². The van der Waals surface area contributed by atoms with E-state index in [1.54, 1.807) is 12.0 Å². The maximum absolute atomic E-state index is 13.7. The molecule has 6 nitrogen and oxygen atoms in total. The topological polar surface area (TPSA) is 67.9 Å². The van der Waals surface area contributed by atoms with E-state index in [-0.39, 0.29) is 18.2 Å². The number of carbonyl (C=O) groups excluding carboxylic acids is 2. The molecule has 3 aromatic carbocycles. The highest BCUT2D eigenvalue weighted by atomic mass is 16.5. The van der Waals surface area contributed by atoms with Crippen LogP contribution in [0.5, 0.6) is 11.5 Å². The molecule has 2 amide bonds. The van der Waals surface area contributed by atoms with E-state index in [1.807, 2.05) is 100 Å². The predicted octanol–water partition coefficient (Wildman–Crippen LogP) is 5.72. The van der Waals surface area contributed by atoms with Crippen molar-refractivity contribution in [2.45, 2.75) is 65.1 Å². The number of benzene rings is 3. The molecule has 0 saturated heterocycles. The summed E-state index contributed by atoms with van der Waals surface area (Å²) in [6, 6.07) is 24.7. The van der Waals surface area contributed by atoms with Gasteiger partial charge in [-0.2, -0.15) is 0 Å². The number of carbonyl (C=O) groups is 2. The van der Waals surface area contributed by atoms with Crippen LogP contribution in [0, 0.1) is 6.92 Å². The zero-order valence-corrected chi connectivity index (χ0v) is 23.2. The predicted molar refractivity (Wildman–Crippen MR) is 151 cm³/mol. The van der Waals surface area contributed by atoms with Gasteiger partial charge in [0.2, 0.25) is 11.8 Å². The second kappa shape index (κ2) is 13.7. The van der Waals surface area contributed by atoms with Gasteiger partial charge in [0.25, 0.3) is 0 Å². The second-order valence-electron chi connectivity index (χ2n) is 10.6. The zero-order chi connectivity index (χ0) is 27.5. The number of hydrogen-bond donors (Lipinski definition) is 1. The minimum absolute atomic E-state index is 0.0742. The molecule has 0 aliphatic rings. The van der Waals surface area contributed by atoms with Crippen molar-refractivity contribution in [1.29, 1.82) is 0 Å². The van der Waals surface area contributed by atoms with Gasteiger partial charge in [0.1, 0.15) is 17.5 Å². The molecule has 38 heavy (non-hydrogen) atoms. The molecule has 202 valence electrons. The van der Waals surface area contributed by atoms with Gasteiger partial charge in [0, 0.05) is 24.9 Å². The molecule has 0 aliphatic heterocycles. The fourth-order valence-electron chi connectivity index (χ4n) is 4.24. The number of amides is 2. The van der Waals surface area contributed by atoms with Crippen LogP contribution in [0.15, 0.2) is 78.9 Å². The van der Waals surface area contributed by atoms with Crippen molar-refractivity contribution in [3.63, 3.8) is 0 Å². The van der Waals surface area contributed by atoms with Crippen LogP contribution in [-0.2, 0) is 22.6 Å². The molecule has 0 fully saturated rings. The Hall–Kier alpha value is -3.80. The summed E-state index contributed by atoms with van der Waals surface area (Å²) in [6.07, 6.45) is 1.24. The average Bonchev–Trinajstić information content (AvgIpc) is 2.88. The first-order valence-electron chi connectivity index (χ1n) is 13.1. The minimum atomic E-state index is -0.646. The lowest BCUT2D eigenvalue weighted by molar-refractivity contribution is -0.142. The molecule has 0 saturated carbocycles. The van der Waals surface area contributed by atoms with Crippen molar-refractivity contribution in [3.05, 3.63) is 95.6 Å². The Kier molecular flexibility index (Phi) is 10.3. The van der Waals surface area contributed by atoms with E-state index < -0.39 is 11.6 Å². The van der Waals surface area contributed by atoms with E-state index in [2.05, 4.69) is 11.4 Å². The van der Waals surface area contributed by atoms with Gasteiger partial charge in [-0.1, -0.05) is 60.2 Å². The van der Waals surface area contributed by atoms with Gasteiger partial charge >= 0.3 is 0 Å². The second-order valence-corrected chi connectivity index (χ2v) is 10.6. The summed E-state index contributed by atoms with van der Waals surface area (Å²) in [6.45, 7) is 8.64. The third-order valence-electron chi connectivity index (χ3n) is 6.07. The molecule has 0 aliphatic carbocycles. The van der Waals surface area contributed by atoms with Crippen molar-refractivity contribution in [3.8, 4) is 11.5 Å². The number of aryl methyl sites for hydroxylation is 1. The quantitative estimate of drug-likeness (QED) is 0.313. The number of ether oxygens (including phenoxy) is 2. The largest absolute Gasteiger partial charge is 0.497 e. The molecule has 6 heteroatoms. The van der Waals surface area contributed by atoms with Crippen LogP contribution >= 0.6 is 0 Å². The minimum Gasteiger partial charge on any atom is -0.497 e. The Morgan fingerprint density at radius 3 is 2.18 bits per heavy atom. The van der Waals surface area contributed by atoms with Gasteiger partial charge in [-0.25, -0.2) is 0 Å². The number of nitrogens with one attached hydrogen (secondary N) is 1. The molecule has 0 spiro atoms. The Bertz CT molecular complexity index is 1170. The normalized spacial score (nSPS) is 11.9. The molecule has 0 radical (unpaired) electrons. The van der Waals surface area contributed by atoms with Gasteiger partial charge < -0.3 is 19.7 Å². The summed E-state index contributed by atoms with van der Waals surface area (Å²) in [5.74, 6) is 1.25. The molecule has 0 aromatic heterocycles. The Morgan fingerprint density at radius 1 is 0.895 bits per heavy atom. The Morgan fingerprint density at radius 2 is 1.55 bits per heavy atom. The molecule has 0 bridgehead atoms. The van der Waals surface area contributed by atoms with Crippen molar-refractivity contribution < 1.29 is 19.1 Å². The third-order valence-corrected chi connectivity index (χ3v) is 6.07. The molecule has 3 aromatic rings. The molecule has 0 unspecified atom stereocenters. The lowest BCUT2D eigenvalue weighted by atomic mass is 10.00. The Labute approximate surface area is 227 Å². The molecular formula is C32H40N2O4. The van der Waals surface area contributed by atoms with E-state index >= 15 is 0 Å². The van der Waals surface area contributed by atoms with Crippen LogP contribution in [0.1, 0.15) is 50.3 Å². The van der Waals surface area contributed by atoms with Crippen LogP contribution in [0.2, 0.25) is 0 Å². The van der Waals surface area contributed by atoms with Crippen LogP contribution in [0.4, 0.5) is 0 Å². The number of rotatable bonds is 12. The maximum atomic E-state index is 13.7. The van der Waals surface area contributed by atoms with E-state index in [1.165, 1.54) is 0 Å². The molecule has 1 N–H and O–H groups in total. The average molecular weight is 517 g/mol. The van der Waals surface area contributed by atoms with Crippen molar-refractivity contribution in [2.24, 2.45) is 0 Å². The number of hydrogen-bond acceptors (Lipinski definition) is 4. The first kappa shape index (κ1) is 28.8. The fourth-order valence-corrected chi connectivity index (χ4v) is 4.24. The van der Waals surface area contributed by atoms with Crippen LogP contribution in [0.3, 0.4) is 0 Å². The van der Waals surface area contributed by atoms with E-state index in [9.17, 15) is 9.59 Å². The lowest BCUT2D eigenvalue weighted by Crippen LogP contribution is -2.54. The van der Waals surface area contributed by atoms with Gasteiger partial charge in [-0.3, -0.25) is 9.59 Å². The summed E-state index contributed by atoms with van der Waals surface area (Å²) < 4.78 is 11.0. The highest BCUT2D eigenvalue weighted by Gasteiger charge is 2.32. The first-order chi connectivity index (χ1) is 18.1. The lowest BCUT2D eigenvalue weighted by Gasteiger charge is -2.34. The first-order valence-corrected chi connectivity index (χ1v) is 13.1. The van der Waals surface area contributed by atoms with E-state index in [0.717, 1.165) is 28.2 Å². The zero-order valence-electron chi connectivity index (χ0n) is 23.2. The Balaban J connectivity index is 1.79. The monoisotopic (exact) mass is 516 g/mol. The number of methoxy groups -OCH3 is 1. The molecule has 1 atom stereocenters. The summed E-state index contributed by atoms with van der Waals surface area (Å²) in [5.41, 5.74) is 2.69. The summed E-state index contributed by atoms with van der Waals surface area (Å²) in [5, 5.41) is 3.10. The summed E-state index contributed by atoms with van der Waals surface area (Å²) >= 11 is 0. The SMILES string of the molecule is COc1ccc(OCCCC(=O)N(Cc2cccc(C)c2)[C@@H](Cc2ccccc2)C(=O)NC(C)(C)C)cc1. The summed E-state index contributed by atoms with van der Waals surface area (Å²) in [7, 11) is 1.62. The van der Waals surface area contributed by atoms with Crippen LogP contribution in [0.25, 0.3) is 0 Å². The molecule has 3 rings (SSSR count). The smallest absolute Gasteiger partial charge is 0.243 e. The van der Waals surface area contributed by atoms with Crippen molar-refractivity contribution in [2.75, 3.05) is 13.7 Å². The van der Waals surface area contributed by atoms with Crippen LogP contribution in [-0.4, -0.2) is 42.0 Å².